The number of hydrogen-bond donors (Lipinski definition) is 0. The van der Waals surface area contributed by atoms with Crippen molar-refractivity contribution in [2.45, 2.75) is 113 Å². The van der Waals surface area contributed by atoms with Gasteiger partial charge in [0.2, 0.25) is 0 Å². The zero-order valence-corrected chi connectivity index (χ0v) is 15.8. The third-order valence-electron chi connectivity index (χ3n) is 6.05. The van der Waals surface area contributed by atoms with Gasteiger partial charge in [-0.25, -0.2) is 0 Å². The molecular weight excluding hydrogens is 330 g/mol. The summed E-state index contributed by atoms with van der Waals surface area (Å²) in [5, 5.41) is 0.972. The molecule has 24 heavy (non-hydrogen) atoms. The molecule has 0 radical (unpaired) electrons. The Kier molecular flexibility index (Phi) is 9.68. The van der Waals surface area contributed by atoms with Crippen LogP contribution in [-0.4, -0.2) is 23.2 Å². The Morgan fingerprint density at radius 3 is 1.04 bits per heavy atom. The second-order valence-electron chi connectivity index (χ2n) is 7.65. The summed E-state index contributed by atoms with van der Waals surface area (Å²) < 4.78 is 30.2. The molecule has 0 heterocycles. The summed E-state index contributed by atoms with van der Waals surface area (Å²) in [6.45, 7) is 0. The third kappa shape index (κ3) is 6.65. The standard InChI is InChI=1S/C18H33P.CF3N/c1-4-10-16(11-5-1)19(17-12-6-2-7-13-17)18-14-8-3-9-15-18;2-1(3)5-4/h16-18H,1-15H2;. The fraction of sp³-hybridized carbons (Fsp3) is 0.947. The fourth-order valence-electron chi connectivity index (χ4n) is 5.03. The first-order valence-electron chi connectivity index (χ1n) is 9.99. The minimum absolute atomic E-state index is 0.385. The van der Waals surface area contributed by atoms with E-state index in [-0.39, 0.29) is 0 Å². The maximum absolute atomic E-state index is 10.1. The maximum atomic E-state index is 10.1. The lowest BCUT2D eigenvalue weighted by atomic mass is 9.99. The lowest BCUT2D eigenvalue weighted by Gasteiger charge is -2.44. The van der Waals surface area contributed by atoms with Crippen LogP contribution in [0, 0.1) is 0 Å². The molecule has 0 spiro atoms. The smallest absolute Gasteiger partial charge is 0.148 e. The van der Waals surface area contributed by atoms with Gasteiger partial charge in [0.15, 0.2) is 0 Å². The minimum Gasteiger partial charge on any atom is -0.148 e. The highest BCUT2D eigenvalue weighted by Gasteiger charge is 2.36. The lowest BCUT2D eigenvalue weighted by Crippen LogP contribution is -2.28. The molecular formula is C19H33F3NP. The van der Waals surface area contributed by atoms with Crippen molar-refractivity contribution in [3.8, 4) is 0 Å². The number of hydrogen-bond acceptors (Lipinski definition) is 1. The van der Waals surface area contributed by atoms with Gasteiger partial charge >= 0.3 is 6.22 Å². The van der Waals surface area contributed by atoms with Crippen molar-refractivity contribution in [2.24, 2.45) is 5.21 Å². The second kappa shape index (κ2) is 11.5. The monoisotopic (exact) mass is 363 g/mol. The third-order valence-corrected chi connectivity index (χ3v) is 10.1. The topological polar surface area (TPSA) is 12.4 Å². The Morgan fingerprint density at radius 1 is 0.583 bits per heavy atom. The van der Waals surface area contributed by atoms with Crippen LogP contribution in [0.4, 0.5) is 13.3 Å². The quantitative estimate of drug-likeness (QED) is 0.361. The molecule has 0 unspecified atom stereocenters. The molecule has 3 aliphatic carbocycles. The molecule has 3 saturated carbocycles. The summed E-state index contributed by atoms with van der Waals surface area (Å²) in [7, 11) is 0.385. The van der Waals surface area contributed by atoms with Gasteiger partial charge in [-0.15, -0.1) is 8.78 Å². The average molecular weight is 363 g/mol. The van der Waals surface area contributed by atoms with Crippen molar-refractivity contribution in [3.63, 3.8) is 0 Å². The van der Waals surface area contributed by atoms with Gasteiger partial charge in [0.1, 0.15) is 0 Å². The van der Waals surface area contributed by atoms with E-state index in [0.717, 1.165) is 5.21 Å². The van der Waals surface area contributed by atoms with E-state index in [2.05, 4.69) is 0 Å². The molecule has 0 aromatic heterocycles. The average Bonchev–Trinajstić information content (AvgIpc) is 2.65. The van der Waals surface area contributed by atoms with Gasteiger partial charge < -0.3 is 0 Å². The number of nitrogens with zero attached hydrogens (tertiary/aromatic N) is 1. The Bertz CT molecular complexity index is 313. The van der Waals surface area contributed by atoms with Crippen molar-refractivity contribution in [1.82, 2.24) is 0 Å². The normalized spacial score (nSPS) is 24.3. The summed E-state index contributed by atoms with van der Waals surface area (Å²) in [6.07, 6.45) is 21.1. The Labute approximate surface area is 146 Å². The first kappa shape index (κ1) is 20.2. The summed E-state index contributed by atoms with van der Waals surface area (Å²) in [5.41, 5.74) is 3.57. The predicted octanol–water partition coefficient (Wildman–Crippen LogP) is 7.63. The molecule has 0 atom stereocenters. The molecule has 5 heteroatoms. The summed E-state index contributed by atoms with van der Waals surface area (Å²) in [6, 6.07) is 0. The molecule has 0 amide bonds. The lowest BCUT2D eigenvalue weighted by molar-refractivity contribution is 0.460. The van der Waals surface area contributed by atoms with E-state index in [1.165, 1.54) is 36.2 Å². The molecule has 0 N–H and O–H groups in total. The van der Waals surface area contributed by atoms with E-state index in [0.29, 0.717) is 7.92 Å². The molecule has 0 aliphatic heterocycles. The highest BCUT2D eigenvalue weighted by Crippen LogP contribution is 2.61. The molecule has 0 aromatic rings. The van der Waals surface area contributed by atoms with E-state index in [4.69, 9.17) is 0 Å². The summed E-state index contributed by atoms with van der Waals surface area (Å²) >= 11 is 0. The van der Waals surface area contributed by atoms with Crippen LogP contribution in [0.2, 0.25) is 0 Å². The van der Waals surface area contributed by atoms with E-state index in [1.807, 2.05) is 0 Å². The van der Waals surface area contributed by atoms with Crippen LogP contribution in [0.15, 0.2) is 5.21 Å². The maximum Gasteiger partial charge on any atom is 0.391 e. The van der Waals surface area contributed by atoms with Crippen molar-refractivity contribution in [3.05, 3.63) is 0 Å². The van der Waals surface area contributed by atoms with Crippen LogP contribution in [0.1, 0.15) is 96.3 Å². The van der Waals surface area contributed by atoms with Crippen LogP contribution in [0.5, 0.6) is 0 Å². The SMILES string of the molecule is C1CCC(P(C2CCCCC2)C2CCCCC2)CC1.FN=C(F)F. The molecule has 3 fully saturated rings. The molecule has 0 bridgehead atoms. The predicted molar refractivity (Wildman–Crippen MR) is 98.3 cm³/mol. The van der Waals surface area contributed by atoms with Crippen molar-refractivity contribution in [2.75, 3.05) is 0 Å². The first-order chi connectivity index (χ1) is 11.7. The molecule has 0 aromatic carbocycles. The number of halogens is 3. The van der Waals surface area contributed by atoms with Crippen LogP contribution in [-0.2, 0) is 0 Å². The van der Waals surface area contributed by atoms with Crippen LogP contribution < -0.4 is 0 Å². The molecule has 0 saturated heterocycles. The van der Waals surface area contributed by atoms with Crippen molar-refractivity contribution in [1.29, 1.82) is 0 Å². The Hall–Kier alpha value is -0.110. The minimum atomic E-state index is -2.54. The summed E-state index contributed by atoms with van der Waals surface area (Å²) in [4.78, 5) is 0. The zero-order chi connectivity index (χ0) is 17.2. The fourth-order valence-corrected chi connectivity index (χ4v) is 9.71. The van der Waals surface area contributed by atoms with Gasteiger partial charge in [0.05, 0.1) is 0 Å². The van der Waals surface area contributed by atoms with Gasteiger partial charge in [0, 0.05) is 0 Å². The van der Waals surface area contributed by atoms with Crippen LogP contribution in [0.25, 0.3) is 0 Å². The highest BCUT2D eigenvalue weighted by molar-refractivity contribution is 7.60. The first-order valence-corrected chi connectivity index (χ1v) is 11.5. The number of rotatable bonds is 3. The Balaban J connectivity index is 0.000000368. The van der Waals surface area contributed by atoms with Gasteiger partial charge in [-0.2, -0.15) is 0 Å². The van der Waals surface area contributed by atoms with Gasteiger partial charge in [-0.05, 0) is 60.7 Å². The van der Waals surface area contributed by atoms with Crippen molar-refractivity contribution >= 4 is 14.1 Å². The molecule has 140 valence electrons. The van der Waals surface area contributed by atoms with E-state index >= 15 is 0 Å². The zero-order valence-electron chi connectivity index (χ0n) is 14.9. The molecule has 3 aliphatic rings. The highest BCUT2D eigenvalue weighted by atomic mass is 31.1. The van der Waals surface area contributed by atoms with Gasteiger partial charge in [-0.1, -0.05) is 70.2 Å². The van der Waals surface area contributed by atoms with Gasteiger partial charge in [-0.3, -0.25) is 0 Å². The van der Waals surface area contributed by atoms with Gasteiger partial charge in [0.25, 0.3) is 0 Å². The van der Waals surface area contributed by atoms with E-state index in [1.54, 1.807) is 77.0 Å². The van der Waals surface area contributed by atoms with Crippen LogP contribution in [0.3, 0.4) is 0 Å². The Morgan fingerprint density at radius 2 is 0.833 bits per heavy atom. The largest absolute Gasteiger partial charge is 0.391 e. The summed E-state index contributed by atoms with van der Waals surface area (Å²) in [5.74, 6) is 0. The van der Waals surface area contributed by atoms with Crippen LogP contribution >= 0.6 is 7.92 Å². The second-order valence-corrected chi connectivity index (χ2v) is 10.7. The molecule has 3 rings (SSSR count). The molecule has 1 nitrogen and oxygen atoms in total. The van der Waals surface area contributed by atoms with Crippen molar-refractivity contribution < 1.29 is 13.3 Å². The van der Waals surface area contributed by atoms with E-state index < -0.39 is 6.22 Å². The van der Waals surface area contributed by atoms with E-state index in [9.17, 15) is 13.3 Å².